The van der Waals surface area contributed by atoms with Gasteiger partial charge >= 0.3 is 26.8 Å². The first-order chi connectivity index (χ1) is 34.5. The van der Waals surface area contributed by atoms with Crippen LogP contribution in [0.15, 0.2) is 126 Å². The summed E-state index contributed by atoms with van der Waals surface area (Å²) < 4.78 is 223. The van der Waals surface area contributed by atoms with Crippen LogP contribution in [0.25, 0.3) is 10.8 Å². The molecule has 6 aromatic rings. The lowest BCUT2D eigenvalue weighted by molar-refractivity contribution is 0.259. The molecule has 0 bridgehead atoms. The van der Waals surface area contributed by atoms with E-state index < -0.39 is 133 Å². The summed E-state index contributed by atoms with van der Waals surface area (Å²) in [4.78, 5) is 21.2. The van der Waals surface area contributed by atoms with Crippen molar-refractivity contribution in [1.29, 1.82) is 0 Å². The number of nitrogens with one attached hydrogen (secondary N) is 4. The van der Waals surface area contributed by atoms with E-state index in [2.05, 4.69) is 54.8 Å². The van der Waals surface area contributed by atoms with Crippen molar-refractivity contribution >= 4 is 140 Å². The molecule has 0 fully saturated rings. The molecule has 1 heterocycles. The maximum Gasteiger partial charge on any atom is 0.397 e. The maximum atomic E-state index is 12.7. The Bertz CT molecular complexity index is 3970. The predicted octanol–water partition coefficient (Wildman–Crippen LogP) is 3.09. The third-order valence-corrected chi connectivity index (χ3v) is 16.3. The maximum absolute atomic E-state index is 12.7. The number of nitrogens with two attached hydrogens (primary N) is 1. The zero-order valence-electron chi connectivity index (χ0n) is 36.8. The van der Waals surface area contributed by atoms with Crippen LogP contribution in [-0.4, -0.2) is 127 Å². The van der Waals surface area contributed by atoms with Gasteiger partial charge in [-0.2, -0.15) is 57.0 Å². The molecule has 39 heteroatoms. The number of carbonyl (C=O) groups is 1. The van der Waals surface area contributed by atoms with Gasteiger partial charge in [0.25, 0.3) is 30.4 Å². The van der Waals surface area contributed by atoms with Crippen LogP contribution in [0.5, 0.6) is 0 Å². The molecule has 0 aliphatic carbocycles. The number of amides is 2. The standard InChI is InChI=1S/C36H34N10O22S7/c37-33(47)41-29-17-23(5-10-28(29)45-46-30-19-27-20(16-32(30)73(58,59)60)15-26(71(52,53)54)18-31(27)72(55,56)57)40-36-43-34(38-21-1-6-24(7-2-21)69(48,49)13-11-67-74(61,62)63)42-35(44-36)39-22-3-8-25(9-4-22)70(50,51)14-12-68-75(64,65)66/h1-10,15-19H,11-14H2,(H3,37,41,47)(H,52,53,54)(H,55,56,57)(H,58,59,60)(H,61,62,63)(H,64,65,66)(H3,38,39,40,42,43,44). The summed E-state index contributed by atoms with van der Waals surface area (Å²) in [6.07, 6.45) is 0. The number of carbonyl (C=O) groups excluding carboxylic acids is 1. The Morgan fingerprint density at radius 3 is 1.33 bits per heavy atom. The molecule has 0 saturated carbocycles. The zero-order valence-corrected chi connectivity index (χ0v) is 42.6. The van der Waals surface area contributed by atoms with E-state index in [1.165, 1.54) is 36.4 Å². The van der Waals surface area contributed by atoms with E-state index in [4.69, 9.17) is 14.8 Å². The summed E-state index contributed by atoms with van der Waals surface area (Å²) in [5.41, 5.74) is 4.35. The van der Waals surface area contributed by atoms with E-state index in [1.807, 2.05) is 0 Å². The quantitative estimate of drug-likeness (QED) is 0.0345. The van der Waals surface area contributed by atoms with Crippen LogP contribution in [0.2, 0.25) is 0 Å². The van der Waals surface area contributed by atoms with Crippen molar-refractivity contribution in [3.05, 3.63) is 91.0 Å². The monoisotopic (exact) mass is 1180 g/mol. The van der Waals surface area contributed by atoms with Crippen molar-refractivity contribution in [3.63, 3.8) is 0 Å². The van der Waals surface area contributed by atoms with Crippen molar-refractivity contribution in [2.45, 2.75) is 24.5 Å². The van der Waals surface area contributed by atoms with Crippen LogP contribution < -0.4 is 27.0 Å². The minimum Gasteiger partial charge on any atom is -0.351 e. The molecule has 6 rings (SSSR count). The lowest BCUT2D eigenvalue weighted by Crippen LogP contribution is -2.19. The SMILES string of the molecule is NC(=O)Nc1cc(Nc2nc(Nc3ccc(S(=O)(=O)CCOS(=O)(=O)O)cc3)nc(Nc3ccc(S(=O)(=O)CCOS(=O)(=O)O)cc3)n2)ccc1N=Nc1cc2c(S(=O)(=O)O)cc(S(=O)(=O)O)cc2cc1S(=O)(=O)O. The Labute approximate surface area is 424 Å². The highest BCUT2D eigenvalue weighted by molar-refractivity contribution is 7.92. The van der Waals surface area contributed by atoms with Gasteiger partial charge in [-0.3, -0.25) is 22.8 Å². The largest absolute Gasteiger partial charge is 0.397 e. The van der Waals surface area contributed by atoms with Gasteiger partial charge in [0, 0.05) is 22.4 Å². The first kappa shape index (κ1) is 57.3. The number of sulfone groups is 2. The van der Waals surface area contributed by atoms with Gasteiger partial charge in [0.2, 0.25) is 17.8 Å². The number of primary amides is 1. The summed E-state index contributed by atoms with van der Waals surface area (Å²) in [5.74, 6) is -2.49. The number of fused-ring (bicyclic) bond motifs is 1. The molecule has 0 aliphatic rings. The van der Waals surface area contributed by atoms with Gasteiger partial charge in [-0.1, -0.05) is 0 Å². The second-order valence-electron chi connectivity index (χ2n) is 14.7. The second kappa shape index (κ2) is 21.7. The molecule has 0 atom stereocenters. The third kappa shape index (κ3) is 16.0. The van der Waals surface area contributed by atoms with Gasteiger partial charge in [-0.25, -0.2) is 30.0 Å². The summed E-state index contributed by atoms with van der Waals surface area (Å²) in [6, 6.07) is 14.2. The molecule has 5 aromatic carbocycles. The number of hydrogen-bond acceptors (Lipinski definition) is 25. The number of hydrogen-bond donors (Lipinski definition) is 10. The summed E-state index contributed by atoms with van der Waals surface area (Å²) in [7, 11) is -33.8. The average Bonchev–Trinajstić information content (AvgIpc) is 3.26. The highest BCUT2D eigenvalue weighted by atomic mass is 32.3. The smallest absolute Gasteiger partial charge is 0.351 e. The molecular weight excluding hydrogens is 1150 g/mol. The molecule has 0 saturated heterocycles. The Morgan fingerprint density at radius 1 is 0.493 bits per heavy atom. The molecular formula is C36H34N10O22S7. The van der Waals surface area contributed by atoms with E-state index in [0.717, 1.165) is 30.3 Å². The number of anilines is 7. The van der Waals surface area contributed by atoms with Crippen molar-refractivity contribution in [2.75, 3.05) is 46.0 Å². The fourth-order valence-corrected chi connectivity index (χ4v) is 11.1. The molecule has 75 heavy (non-hydrogen) atoms. The molecule has 0 spiro atoms. The van der Waals surface area contributed by atoms with E-state index in [0.29, 0.717) is 24.3 Å². The molecule has 402 valence electrons. The molecule has 2 amide bonds. The Morgan fingerprint density at radius 2 is 0.920 bits per heavy atom. The van der Waals surface area contributed by atoms with Crippen molar-refractivity contribution in [3.8, 4) is 0 Å². The highest BCUT2D eigenvalue weighted by Crippen LogP contribution is 2.38. The third-order valence-electron chi connectivity index (χ3n) is 9.34. The first-order valence-corrected chi connectivity index (χ1v) is 30.0. The van der Waals surface area contributed by atoms with Gasteiger partial charge in [0.05, 0.1) is 45.1 Å². The Kier molecular flexibility index (Phi) is 16.6. The van der Waals surface area contributed by atoms with Crippen LogP contribution in [0.1, 0.15) is 0 Å². The van der Waals surface area contributed by atoms with Gasteiger partial charge < -0.3 is 27.0 Å². The predicted molar refractivity (Wildman–Crippen MR) is 259 cm³/mol. The average molecular weight is 1180 g/mol. The Balaban J connectivity index is 1.36. The minimum atomic E-state index is -5.30. The zero-order chi connectivity index (χ0) is 55.5. The number of aromatic nitrogens is 3. The lowest BCUT2D eigenvalue weighted by atomic mass is 10.1. The van der Waals surface area contributed by atoms with Crippen molar-refractivity contribution < 1.29 is 94.8 Å². The number of azo groups is 1. The number of urea groups is 1. The first-order valence-electron chi connectivity index (χ1n) is 19.7. The van der Waals surface area contributed by atoms with Crippen molar-refractivity contribution in [1.82, 2.24) is 15.0 Å². The van der Waals surface area contributed by atoms with Crippen LogP contribution in [-0.2, 0) is 79.2 Å². The van der Waals surface area contributed by atoms with E-state index in [9.17, 15) is 77.4 Å². The van der Waals surface area contributed by atoms with Gasteiger partial charge in [-0.05, 0) is 96.4 Å². The fraction of sp³-hybridized carbons (Fsp3) is 0.111. The Hall–Kier alpha value is -6.99. The van der Waals surface area contributed by atoms with Crippen LogP contribution in [0.3, 0.4) is 0 Å². The number of rotatable bonds is 22. The molecule has 0 unspecified atom stereocenters. The fourth-order valence-electron chi connectivity index (χ4n) is 6.16. The van der Waals surface area contributed by atoms with E-state index >= 15 is 0 Å². The van der Waals surface area contributed by atoms with Crippen LogP contribution in [0.4, 0.5) is 56.8 Å². The van der Waals surface area contributed by atoms with Crippen molar-refractivity contribution in [2.24, 2.45) is 16.0 Å². The molecule has 0 radical (unpaired) electrons. The molecule has 1 aromatic heterocycles. The molecule has 11 N–H and O–H groups in total. The second-order valence-corrected chi connectivity index (χ2v) is 25.3. The summed E-state index contributed by atoms with van der Waals surface area (Å²) in [5, 5.41) is 17.3. The van der Waals surface area contributed by atoms with E-state index in [-0.39, 0.29) is 56.1 Å². The lowest BCUT2D eigenvalue weighted by Gasteiger charge is -2.13. The molecule has 0 aliphatic heterocycles. The number of benzene rings is 5. The normalized spacial score (nSPS) is 12.9. The van der Waals surface area contributed by atoms with Crippen LogP contribution in [0, 0.1) is 0 Å². The highest BCUT2D eigenvalue weighted by Gasteiger charge is 2.25. The summed E-state index contributed by atoms with van der Waals surface area (Å²) >= 11 is 0. The van der Waals surface area contributed by atoms with Gasteiger partial charge in [0.15, 0.2) is 19.7 Å². The topological polar surface area (TPSA) is 513 Å². The van der Waals surface area contributed by atoms with Gasteiger partial charge in [-0.15, -0.1) is 10.2 Å². The number of nitrogens with zero attached hydrogens (tertiary/aromatic N) is 5. The van der Waals surface area contributed by atoms with Gasteiger partial charge in [0.1, 0.15) is 21.2 Å². The minimum absolute atomic E-state index is 0.0256. The summed E-state index contributed by atoms with van der Waals surface area (Å²) in [6.45, 7) is -1.79. The molecule has 32 nitrogen and oxygen atoms in total. The van der Waals surface area contributed by atoms with E-state index in [1.54, 1.807) is 0 Å². The van der Waals surface area contributed by atoms with Crippen LogP contribution >= 0.6 is 0 Å².